The van der Waals surface area contributed by atoms with Gasteiger partial charge in [-0.3, -0.25) is 14.9 Å². The summed E-state index contributed by atoms with van der Waals surface area (Å²) in [4.78, 5) is 21.0. The van der Waals surface area contributed by atoms with Gasteiger partial charge in [0.25, 0.3) is 5.69 Å². The summed E-state index contributed by atoms with van der Waals surface area (Å²) in [7, 11) is -3.98. The second-order valence-electron chi connectivity index (χ2n) is 4.84. The number of sulfone groups is 1. The second-order valence-corrected chi connectivity index (χ2v) is 7.37. The van der Waals surface area contributed by atoms with Crippen LogP contribution in [0, 0.1) is 16.0 Å². The first-order valence-corrected chi connectivity index (χ1v) is 8.02. The number of carboxylic acids is 1. The molecule has 9 heteroatoms. The van der Waals surface area contributed by atoms with E-state index in [0.717, 1.165) is 12.1 Å². The van der Waals surface area contributed by atoms with E-state index in [1.54, 1.807) is 0 Å². The SMILES string of the molecule is CC(C)C(C(=O)O)S(=O)(=O)Cc1ccc([N+](=O)[O-])cc1Cl. The number of aliphatic carboxylic acids is 1. The summed E-state index contributed by atoms with van der Waals surface area (Å²) in [5.41, 5.74) is -0.131. The Bertz CT molecular complexity index is 670. The lowest BCUT2D eigenvalue weighted by atomic mass is 10.1. The number of nitrogens with zero attached hydrogens (tertiary/aromatic N) is 1. The molecule has 0 amide bonds. The first-order chi connectivity index (χ1) is 9.56. The minimum Gasteiger partial charge on any atom is -0.480 e. The van der Waals surface area contributed by atoms with Gasteiger partial charge in [0, 0.05) is 12.1 Å². The molecule has 1 rings (SSSR count). The Morgan fingerprint density at radius 2 is 2.00 bits per heavy atom. The maximum absolute atomic E-state index is 12.2. The lowest BCUT2D eigenvalue weighted by Crippen LogP contribution is -2.35. The third-order valence-corrected chi connectivity index (χ3v) is 5.42. The molecule has 1 aromatic carbocycles. The van der Waals surface area contributed by atoms with Crippen LogP contribution < -0.4 is 0 Å². The van der Waals surface area contributed by atoms with E-state index >= 15 is 0 Å². The van der Waals surface area contributed by atoms with Gasteiger partial charge in [-0.25, -0.2) is 8.42 Å². The van der Waals surface area contributed by atoms with Gasteiger partial charge in [0.05, 0.1) is 15.7 Å². The zero-order valence-electron chi connectivity index (χ0n) is 11.3. The Labute approximate surface area is 126 Å². The van der Waals surface area contributed by atoms with Gasteiger partial charge in [-0.05, 0) is 17.5 Å². The molecule has 1 N–H and O–H groups in total. The van der Waals surface area contributed by atoms with Crippen LogP contribution in [0.3, 0.4) is 0 Å². The Kier molecular flexibility index (Phi) is 5.30. The van der Waals surface area contributed by atoms with E-state index in [2.05, 4.69) is 0 Å². The molecule has 1 aromatic rings. The fourth-order valence-corrected chi connectivity index (χ4v) is 4.25. The second kappa shape index (κ2) is 6.40. The smallest absolute Gasteiger partial charge is 0.322 e. The number of nitro groups is 1. The van der Waals surface area contributed by atoms with Crippen LogP contribution in [-0.4, -0.2) is 29.7 Å². The minimum absolute atomic E-state index is 0.0827. The molecular weight excluding hydrogens is 322 g/mol. The van der Waals surface area contributed by atoms with Gasteiger partial charge in [-0.15, -0.1) is 0 Å². The fourth-order valence-electron chi connectivity index (χ4n) is 1.93. The average molecular weight is 336 g/mol. The van der Waals surface area contributed by atoms with E-state index in [1.807, 2.05) is 0 Å². The van der Waals surface area contributed by atoms with E-state index in [4.69, 9.17) is 16.7 Å². The molecule has 1 unspecified atom stereocenters. The summed E-state index contributed by atoms with van der Waals surface area (Å²) in [6, 6.07) is 3.39. The first kappa shape index (κ1) is 17.4. The number of hydrogen-bond acceptors (Lipinski definition) is 5. The molecule has 0 radical (unpaired) electrons. The molecule has 0 spiro atoms. The lowest BCUT2D eigenvalue weighted by Gasteiger charge is -2.17. The largest absolute Gasteiger partial charge is 0.480 e. The van der Waals surface area contributed by atoms with Crippen LogP contribution in [0.2, 0.25) is 5.02 Å². The van der Waals surface area contributed by atoms with Crippen molar-refractivity contribution in [3.8, 4) is 0 Å². The van der Waals surface area contributed by atoms with Gasteiger partial charge >= 0.3 is 5.97 Å². The van der Waals surface area contributed by atoms with Crippen LogP contribution in [0.15, 0.2) is 18.2 Å². The molecular formula is C12H14ClNO6S. The molecule has 0 aliphatic heterocycles. The quantitative estimate of drug-likeness (QED) is 0.630. The predicted molar refractivity (Wildman–Crippen MR) is 77.0 cm³/mol. The summed E-state index contributed by atoms with van der Waals surface area (Å²) in [5, 5.41) is 18.0. The molecule has 0 bridgehead atoms. The van der Waals surface area contributed by atoms with E-state index in [0.29, 0.717) is 0 Å². The third kappa shape index (κ3) is 4.15. The zero-order chi connectivity index (χ0) is 16.4. The van der Waals surface area contributed by atoms with Crippen LogP contribution in [0.1, 0.15) is 19.4 Å². The molecule has 0 saturated heterocycles. The van der Waals surface area contributed by atoms with Crippen molar-refractivity contribution in [1.29, 1.82) is 0 Å². The van der Waals surface area contributed by atoms with Crippen molar-refractivity contribution in [2.75, 3.05) is 0 Å². The zero-order valence-corrected chi connectivity index (χ0v) is 12.9. The molecule has 116 valence electrons. The monoisotopic (exact) mass is 335 g/mol. The van der Waals surface area contributed by atoms with Crippen molar-refractivity contribution in [3.05, 3.63) is 38.9 Å². The molecule has 1 atom stereocenters. The molecule has 0 heterocycles. The summed E-state index contributed by atoms with van der Waals surface area (Å²) in [6.45, 7) is 2.99. The van der Waals surface area contributed by atoms with Gasteiger partial charge in [-0.2, -0.15) is 0 Å². The van der Waals surface area contributed by atoms with Gasteiger partial charge in [-0.1, -0.05) is 25.4 Å². The Hall–Kier alpha value is -1.67. The highest BCUT2D eigenvalue weighted by Crippen LogP contribution is 2.26. The number of carboxylic acid groups (broad SMARTS) is 1. The lowest BCUT2D eigenvalue weighted by molar-refractivity contribution is -0.384. The van der Waals surface area contributed by atoms with E-state index < -0.39 is 37.7 Å². The predicted octanol–water partition coefficient (Wildman–Crippen LogP) is 2.27. The van der Waals surface area contributed by atoms with Gasteiger partial charge in [0.2, 0.25) is 0 Å². The van der Waals surface area contributed by atoms with Crippen molar-refractivity contribution in [2.45, 2.75) is 24.9 Å². The van der Waals surface area contributed by atoms with Crippen LogP contribution in [0.5, 0.6) is 0 Å². The van der Waals surface area contributed by atoms with Gasteiger partial charge in [0.15, 0.2) is 15.1 Å². The topological polar surface area (TPSA) is 115 Å². The highest BCUT2D eigenvalue weighted by molar-refractivity contribution is 7.92. The van der Waals surface area contributed by atoms with Crippen molar-refractivity contribution in [2.24, 2.45) is 5.92 Å². The van der Waals surface area contributed by atoms with Gasteiger partial charge in [0.1, 0.15) is 0 Å². The van der Waals surface area contributed by atoms with Crippen LogP contribution in [-0.2, 0) is 20.4 Å². The van der Waals surface area contributed by atoms with E-state index in [1.165, 1.54) is 19.9 Å². The highest BCUT2D eigenvalue weighted by atomic mass is 35.5. The molecule has 7 nitrogen and oxygen atoms in total. The maximum atomic E-state index is 12.2. The number of nitro benzene ring substituents is 1. The summed E-state index contributed by atoms with van der Waals surface area (Å²) in [5.74, 6) is -2.62. The molecule has 0 aromatic heterocycles. The number of benzene rings is 1. The molecule has 0 saturated carbocycles. The normalized spacial score (nSPS) is 13.1. The fraction of sp³-hybridized carbons (Fsp3) is 0.417. The number of rotatable bonds is 6. The standard InChI is InChI=1S/C12H14ClNO6S/c1-7(2)11(12(15)16)21(19,20)6-8-3-4-9(14(17)18)5-10(8)13/h3-5,7,11H,6H2,1-2H3,(H,15,16). The maximum Gasteiger partial charge on any atom is 0.322 e. The van der Waals surface area contributed by atoms with Crippen molar-refractivity contribution >= 4 is 33.1 Å². The van der Waals surface area contributed by atoms with Gasteiger partial charge < -0.3 is 5.11 Å². The van der Waals surface area contributed by atoms with Crippen LogP contribution in [0.25, 0.3) is 0 Å². The van der Waals surface area contributed by atoms with Crippen molar-refractivity contribution in [1.82, 2.24) is 0 Å². The minimum atomic E-state index is -3.98. The van der Waals surface area contributed by atoms with Crippen LogP contribution >= 0.6 is 11.6 Å². The van der Waals surface area contributed by atoms with E-state index in [9.17, 15) is 23.3 Å². The average Bonchev–Trinajstić information content (AvgIpc) is 2.29. The van der Waals surface area contributed by atoms with E-state index in [-0.39, 0.29) is 16.3 Å². The molecule has 0 fully saturated rings. The molecule has 21 heavy (non-hydrogen) atoms. The third-order valence-electron chi connectivity index (χ3n) is 2.84. The number of halogens is 1. The van der Waals surface area contributed by atoms with Crippen molar-refractivity contribution in [3.63, 3.8) is 0 Å². The molecule has 0 aliphatic carbocycles. The Morgan fingerprint density at radius 3 is 2.38 bits per heavy atom. The Balaban J connectivity index is 3.15. The summed E-state index contributed by atoms with van der Waals surface area (Å²) >= 11 is 5.83. The number of non-ortho nitro benzene ring substituents is 1. The highest BCUT2D eigenvalue weighted by Gasteiger charge is 2.35. The van der Waals surface area contributed by atoms with Crippen molar-refractivity contribution < 1.29 is 23.2 Å². The molecule has 0 aliphatic rings. The first-order valence-electron chi connectivity index (χ1n) is 5.93. The number of hydrogen-bond donors (Lipinski definition) is 1. The number of carbonyl (C=O) groups is 1. The van der Waals surface area contributed by atoms with Crippen LogP contribution in [0.4, 0.5) is 5.69 Å². The summed E-state index contributed by atoms with van der Waals surface area (Å²) < 4.78 is 24.4. The Morgan fingerprint density at radius 1 is 1.43 bits per heavy atom. The summed E-state index contributed by atoms with van der Waals surface area (Å²) in [6.07, 6.45) is 0.